The Morgan fingerprint density at radius 3 is 1.50 bits per heavy atom. The van der Waals surface area contributed by atoms with Gasteiger partial charge in [-0.15, -0.1) is 9.24 Å². The largest absolute Gasteiger partial charge is 0.484 e. The second-order valence-corrected chi connectivity index (χ2v) is 5.71. The Bertz CT molecular complexity index is 419. The third kappa shape index (κ3) is 12.3. The molecular formula is C11H11ClF6O2PPd. The van der Waals surface area contributed by atoms with Gasteiger partial charge in [0.2, 0.25) is 0 Å². The van der Waals surface area contributed by atoms with Gasteiger partial charge in [0.15, 0.2) is 13.2 Å². The van der Waals surface area contributed by atoms with Crippen LogP contribution in [0.25, 0.3) is 0 Å². The molecule has 0 saturated heterocycles. The molecule has 1 rings (SSSR count). The summed E-state index contributed by atoms with van der Waals surface area (Å²) in [6.07, 6.45) is -9.05. The molecule has 11 heteroatoms. The van der Waals surface area contributed by atoms with Gasteiger partial charge in [0.05, 0.1) is 0 Å². The number of hydrogen-bond acceptors (Lipinski definition) is 2. The molecule has 22 heavy (non-hydrogen) atoms. The van der Waals surface area contributed by atoms with Crippen molar-refractivity contribution in [1.82, 2.24) is 0 Å². The van der Waals surface area contributed by atoms with Gasteiger partial charge in [0.1, 0.15) is 11.5 Å². The van der Waals surface area contributed by atoms with Crippen molar-refractivity contribution in [1.29, 1.82) is 0 Å². The van der Waals surface area contributed by atoms with Crippen LogP contribution in [0.3, 0.4) is 0 Å². The summed E-state index contributed by atoms with van der Waals surface area (Å²) in [4.78, 5) is 0. The fourth-order valence-electron chi connectivity index (χ4n) is 1.09. The topological polar surface area (TPSA) is 18.5 Å². The van der Waals surface area contributed by atoms with Crippen molar-refractivity contribution < 1.29 is 55.0 Å². The second kappa shape index (κ2) is 9.82. The SMILES string of the molecule is Cl[CH2][Pd].FC(F)(F)COc1cc(P)cc(OCC(F)(F)F)c1. The van der Waals surface area contributed by atoms with E-state index >= 15 is 0 Å². The molecule has 2 nitrogen and oxygen atoms in total. The van der Waals surface area contributed by atoms with E-state index in [1.165, 1.54) is 12.1 Å². The molecule has 1 aromatic rings. The van der Waals surface area contributed by atoms with Crippen molar-refractivity contribution >= 4 is 26.1 Å². The molecule has 131 valence electrons. The summed E-state index contributed by atoms with van der Waals surface area (Å²) in [6, 6.07) is 3.43. The van der Waals surface area contributed by atoms with Crippen LogP contribution >= 0.6 is 20.8 Å². The van der Waals surface area contributed by atoms with E-state index in [1.54, 1.807) is 0 Å². The quantitative estimate of drug-likeness (QED) is 0.294. The zero-order valence-corrected chi connectivity index (χ0v) is 14.2. The van der Waals surface area contributed by atoms with E-state index in [9.17, 15) is 26.3 Å². The molecule has 0 N–H and O–H groups in total. The molecule has 0 aliphatic rings. The van der Waals surface area contributed by atoms with E-state index in [2.05, 4.69) is 37.9 Å². The first-order valence-electron chi connectivity index (χ1n) is 5.34. The average Bonchev–Trinajstić information content (AvgIpc) is 2.33. The Labute approximate surface area is 141 Å². The molecule has 1 aromatic carbocycles. The fourth-order valence-corrected chi connectivity index (χ4v) is 1.42. The standard InChI is InChI=1S/C10H9F6O2P.CH2Cl.Pd/c11-9(12,13)4-17-6-1-7(3-8(19)2-6)18-5-10(14,15)16;1-2;/h1-3H,4-5,19H2;1H2;. The monoisotopic (exact) mass is 461 g/mol. The van der Waals surface area contributed by atoms with Crippen molar-refractivity contribution in [3.63, 3.8) is 0 Å². The van der Waals surface area contributed by atoms with Crippen molar-refractivity contribution in [3.05, 3.63) is 18.2 Å². The van der Waals surface area contributed by atoms with Gasteiger partial charge in [-0.3, -0.25) is 0 Å². The third-order valence-electron chi connectivity index (χ3n) is 1.71. The predicted molar refractivity (Wildman–Crippen MR) is 69.6 cm³/mol. The van der Waals surface area contributed by atoms with Crippen LogP contribution in [0.15, 0.2) is 18.2 Å². The zero-order valence-electron chi connectivity index (χ0n) is 10.7. The van der Waals surface area contributed by atoms with Crippen LogP contribution in [0, 0.1) is 0 Å². The van der Waals surface area contributed by atoms with Crippen LogP contribution in [0.2, 0.25) is 0 Å². The Morgan fingerprint density at radius 2 is 1.23 bits per heavy atom. The molecule has 0 radical (unpaired) electrons. The Hall–Kier alpha value is -0.218. The molecular weight excluding hydrogens is 451 g/mol. The molecule has 0 spiro atoms. The summed E-state index contributed by atoms with van der Waals surface area (Å²) in [7, 11) is 2.14. The summed E-state index contributed by atoms with van der Waals surface area (Å²) in [5.74, 6) is -0.441. The Morgan fingerprint density at radius 1 is 0.909 bits per heavy atom. The molecule has 0 aromatic heterocycles. The number of benzene rings is 1. The molecule has 0 heterocycles. The van der Waals surface area contributed by atoms with Crippen LogP contribution in [-0.4, -0.2) is 29.9 Å². The first-order chi connectivity index (χ1) is 9.96. The molecule has 0 fully saturated rings. The maximum Gasteiger partial charge on any atom is 0.422 e. The summed E-state index contributed by atoms with van der Waals surface area (Å²) in [5, 5.41) is 0.344. The normalized spacial score (nSPS) is 11.5. The first kappa shape index (κ1) is 21.8. The van der Waals surface area contributed by atoms with E-state index in [1.807, 2.05) is 0 Å². The van der Waals surface area contributed by atoms with Gasteiger partial charge in [-0.1, -0.05) is 0 Å². The maximum atomic E-state index is 11.9. The van der Waals surface area contributed by atoms with E-state index in [4.69, 9.17) is 11.6 Å². The van der Waals surface area contributed by atoms with Crippen LogP contribution < -0.4 is 14.8 Å². The molecule has 0 saturated carbocycles. The minimum absolute atomic E-state index is 0.220. The van der Waals surface area contributed by atoms with Crippen molar-refractivity contribution in [2.75, 3.05) is 17.6 Å². The average molecular weight is 462 g/mol. The smallest absolute Gasteiger partial charge is 0.422 e. The van der Waals surface area contributed by atoms with Gasteiger partial charge in [-0.05, 0) is 17.4 Å². The third-order valence-corrected chi connectivity index (χ3v) is 2.04. The van der Waals surface area contributed by atoms with Gasteiger partial charge in [-0.25, -0.2) is 0 Å². The molecule has 1 atom stereocenters. The number of halogens is 7. The summed E-state index contributed by atoms with van der Waals surface area (Å²) in [5.41, 5.74) is 0. The minimum atomic E-state index is -4.52. The Kier molecular flexibility index (Phi) is 9.72. The number of hydrogen-bond donors (Lipinski definition) is 0. The molecule has 0 amide bonds. The van der Waals surface area contributed by atoms with Crippen molar-refractivity contribution in [2.45, 2.75) is 12.4 Å². The van der Waals surface area contributed by atoms with E-state index < -0.39 is 25.6 Å². The number of alkyl halides is 7. The number of rotatable bonds is 4. The van der Waals surface area contributed by atoms with Crippen LogP contribution in [-0.2, 0) is 19.2 Å². The Balaban J connectivity index is 0.00000135. The van der Waals surface area contributed by atoms with Crippen LogP contribution in [0.5, 0.6) is 11.5 Å². The predicted octanol–water partition coefficient (Wildman–Crippen LogP) is 3.80. The van der Waals surface area contributed by atoms with Gasteiger partial charge >= 0.3 is 47.5 Å². The summed E-state index contributed by atoms with van der Waals surface area (Å²) < 4.78 is 81.0. The summed E-state index contributed by atoms with van der Waals surface area (Å²) >= 11 is 7.64. The summed E-state index contributed by atoms with van der Waals surface area (Å²) in [6.45, 7) is -3.06. The van der Waals surface area contributed by atoms with Gasteiger partial charge < -0.3 is 9.47 Å². The fraction of sp³-hybridized carbons (Fsp3) is 0.455. The molecule has 1 unspecified atom stereocenters. The first-order valence-corrected chi connectivity index (χ1v) is 7.55. The van der Waals surface area contributed by atoms with Gasteiger partial charge in [0.25, 0.3) is 0 Å². The van der Waals surface area contributed by atoms with E-state index in [0.29, 0.717) is 9.66 Å². The van der Waals surface area contributed by atoms with Gasteiger partial charge in [-0.2, -0.15) is 26.3 Å². The molecule has 0 bridgehead atoms. The minimum Gasteiger partial charge on any atom is -0.484 e. The maximum absolute atomic E-state index is 11.9. The number of ether oxygens (including phenoxy) is 2. The van der Waals surface area contributed by atoms with Crippen molar-refractivity contribution in [2.24, 2.45) is 0 Å². The van der Waals surface area contributed by atoms with E-state index in [-0.39, 0.29) is 11.5 Å². The van der Waals surface area contributed by atoms with Crippen LogP contribution in [0.1, 0.15) is 0 Å². The zero-order chi connectivity index (χ0) is 17.4. The van der Waals surface area contributed by atoms with Crippen molar-refractivity contribution in [3.8, 4) is 11.5 Å². The van der Waals surface area contributed by atoms with Crippen LogP contribution in [0.4, 0.5) is 26.3 Å². The molecule has 0 aliphatic heterocycles. The van der Waals surface area contributed by atoms with Gasteiger partial charge in [0, 0.05) is 6.07 Å². The molecule has 0 aliphatic carbocycles. The second-order valence-electron chi connectivity index (χ2n) is 3.63. The van der Waals surface area contributed by atoms with E-state index in [0.717, 1.165) is 6.07 Å².